The number of rotatable bonds is 4. The van der Waals surface area contributed by atoms with Crippen LogP contribution in [0.3, 0.4) is 0 Å². The molecule has 2 rings (SSSR count). The second-order valence-corrected chi connectivity index (χ2v) is 4.00. The van der Waals surface area contributed by atoms with Gasteiger partial charge in [0.05, 0.1) is 12.2 Å². The van der Waals surface area contributed by atoms with Crippen LogP contribution in [0.2, 0.25) is 0 Å². The number of carbonyl (C=O) groups is 1. The molecule has 1 atom stereocenters. The summed E-state index contributed by atoms with van der Waals surface area (Å²) in [5.41, 5.74) is 1.02. The Balaban J connectivity index is 1.92. The van der Waals surface area contributed by atoms with Gasteiger partial charge in [-0.2, -0.15) is 5.10 Å². The van der Waals surface area contributed by atoms with Crippen molar-refractivity contribution in [1.29, 1.82) is 0 Å². The quantitative estimate of drug-likeness (QED) is 0.793. The van der Waals surface area contributed by atoms with Crippen molar-refractivity contribution in [1.82, 2.24) is 15.1 Å². The maximum absolute atomic E-state index is 11.8. The van der Waals surface area contributed by atoms with Gasteiger partial charge in [-0.3, -0.25) is 9.48 Å². The molecule has 1 N–H and O–H groups in total. The van der Waals surface area contributed by atoms with Crippen LogP contribution in [0.4, 0.5) is 0 Å². The molecule has 0 aliphatic carbocycles. The Kier molecular flexibility index (Phi) is 3.16. The summed E-state index contributed by atoms with van der Waals surface area (Å²) in [6.07, 6.45) is 6.35. The minimum atomic E-state index is 0.0787. The number of aryl methyl sites for hydroxylation is 1. The number of aromatic nitrogens is 2. The van der Waals surface area contributed by atoms with Crippen LogP contribution in [0.5, 0.6) is 0 Å². The fraction of sp³-hybridized carbons (Fsp3) is 0.636. The van der Waals surface area contributed by atoms with Gasteiger partial charge in [-0.25, -0.2) is 0 Å². The second-order valence-electron chi connectivity index (χ2n) is 4.00. The van der Waals surface area contributed by atoms with Gasteiger partial charge >= 0.3 is 0 Å². The molecule has 1 unspecified atom stereocenters. The molecule has 1 aliphatic rings. The highest BCUT2D eigenvalue weighted by Crippen LogP contribution is 2.09. The molecule has 0 radical (unpaired) electrons. The van der Waals surface area contributed by atoms with E-state index >= 15 is 0 Å². The Bertz CT molecular complexity index is 339. The molecule has 0 amide bonds. The zero-order valence-corrected chi connectivity index (χ0v) is 9.07. The van der Waals surface area contributed by atoms with Crippen LogP contribution in [0.15, 0.2) is 12.4 Å². The van der Waals surface area contributed by atoms with Gasteiger partial charge in [0.15, 0.2) is 5.78 Å². The SMILES string of the molecule is CCn1cc(CC(=O)C2CCCN2)cn1. The standard InChI is InChI=1S/C11H17N3O/c1-2-14-8-9(7-13-14)6-11(15)10-4-3-5-12-10/h7-8,10,12H,2-6H2,1H3. The highest BCUT2D eigenvalue weighted by molar-refractivity contribution is 5.86. The summed E-state index contributed by atoms with van der Waals surface area (Å²) in [7, 11) is 0. The minimum Gasteiger partial charge on any atom is -0.307 e. The number of hydrogen-bond acceptors (Lipinski definition) is 3. The van der Waals surface area contributed by atoms with Gasteiger partial charge in [-0.1, -0.05) is 0 Å². The monoisotopic (exact) mass is 207 g/mol. The van der Waals surface area contributed by atoms with Crippen LogP contribution in [0, 0.1) is 0 Å². The average molecular weight is 207 g/mol. The van der Waals surface area contributed by atoms with E-state index in [-0.39, 0.29) is 6.04 Å². The van der Waals surface area contributed by atoms with Crippen molar-refractivity contribution in [2.45, 2.75) is 38.8 Å². The van der Waals surface area contributed by atoms with Crippen molar-refractivity contribution in [3.63, 3.8) is 0 Å². The van der Waals surface area contributed by atoms with E-state index in [0.29, 0.717) is 12.2 Å². The molecule has 0 spiro atoms. The third-order valence-electron chi connectivity index (χ3n) is 2.84. The molecule has 4 nitrogen and oxygen atoms in total. The summed E-state index contributed by atoms with van der Waals surface area (Å²) >= 11 is 0. The summed E-state index contributed by atoms with van der Waals surface area (Å²) in [5, 5.41) is 7.38. The first-order valence-corrected chi connectivity index (χ1v) is 5.57. The molecule has 1 saturated heterocycles. The van der Waals surface area contributed by atoms with E-state index in [1.165, 1.54) is 0 Å². The Hall–Kier alpha value is -1.16. The van der Waals surface area contributed by atoms with Gasteiger partial charge < -0.3 is 5.32 Å². The molecular formula is C11H17N3O. The molecule has 1 aliphatic heterocycles. The highest BCUT2D eigenvalue weighted by Gasteiger charge is 2.21. The molecule has 82 valence electrons. The van der Waals surface area contributed by atoms with Crippen molar-refractivity contribution >= 4 is 5.78 Å². The van der Waals surface area contributed by atoms with E-state index < -0.39 is 0 Å². The van der Waals surface area contributed by atoms with Crippen LogP contribution in [0.1, 0.15) is 25.3 Å². The smallest absolute Gasteiger partial charge is 0.154 e. The topological polar surface area (TPSA) is 46.9 Å². The van der Waals surface area contributed by atoms with E-state index in [9.17, 15) is 4.79 Å². The summed E-state index contributed by atoms with van der Waals surface area (Å²) < 4.78 is 1.85. The lowest BCUT2D eigenvalue weighted by molar-refractivity contribution is -0.120. The lowest BCUT2D eigenvalue weighted by Gasteiger charge is -2.06. The number of nitrogens with zero attached hydrogens (tertiary/aromatic N) is 2. The third-order valence-corrected chi connectivity index (χ3v) is 2.84. The summed E-state index contributed by atoms with van der Waals surface area (Å²) in [5.74, 6) is 0.295. The summed E-state index contributed by atoms with van der Waals surface area (Å²) in [6.45, 7) is 3.87. The van der Waals surface area contributed by atoms with Crippen LogP contribution in [-0.4, -0.2) is 28.2 Å². The van der Waals surface area contributed by atoms with Gasteiger partial charge in [0.2, 0.25) is 0 Å². The first kappa shape index (κ1) is 10.4. The number of carbonyl (C=O) groups excluding carboxylic acids is 1. The van der Waals surface area contributed by atoms with Crippen molar-refractivity contribution in [2.24, 2.45) is 0 Å². The molecular weight excluding hydrogens is 190 g/mol. The maximum atomic E-state index is 11.8. The van der Waals surface area contributed by atoms with Crippen molar-refractivity contribution < 1.29 is 4.79 Å². The number of ketones is 1. The van der Waals surface area contributed by atoms with Gasteiger partial charge in [0.1, 0.15) is 0 Å². The first-order chi connectivity index (χ1) is 7.29. The van der Waals surface area contributed by atoms with E-state index in [1.807, 2.05) is 17.8 Å². The van der Waals surface area contributed by atoms with E-state index in [2.05, 4.69) is 10.4 Å². The summed E-state index contributed by atoms with van der Waals surface area (Å²) in [6, 6.07) is 0.0787. The molecule has 1 aromatic heterocycles. The van der Waals surface area contributed by atoms with Crippen LogP contribution in [-0.2, 0) is 17.8 Å². The molecule has 1 aromatic rings. The highest BCUT2D eigenvalue weighted by atomic mass is 16.1. The second kappa shape index (κ2) is 4.57. The largest absolute Gasteiger partial charge is 0.307 e. The fourth-order valence-electron chi connectivity index (χ4n) is 1.95. The minimum absolute atomic E-state index is 0.0787. The normalized spacial score (nSPS) is 20.7. The van der Waals surface area contributed by atoms with Crippen molar-refractivity contribution in [3.05, 3.63) is 18.0 Å². The van der Waals surface area contributed by atoms with E-state index in [4.69, 9.17) is 0 Å². The van der Waals surface area contributed by atoms with Crippen LogP contribution < -0.4 is 5.32 Å². The Morgan fingerprint density at radius 1 is 1.73 bits per heavy atom. The van der Waals surface area contributed by atoms with Crippen LogP contribution in [0.25, 0.3) is 0 Å². The molecule has 15 heavy (non-hydrogen) atoms. The summed E-state index contributed by atoms with van der Waals surface area (Å²) in [4.78, 5) is 11.8. The molecule has 1 fully saturated rings. The van der Waals surface area contributed by atoms with E-state index in [0.717, 1.165) is 31.5 Å². The number of Topliss-reactive ketones (excluding diaryl/α,β-unsaturated/α-hetero) is 1. The number of nitrogens with one attached hydrogen (secondary N) is 1. The van der Waals surface area contributed by atoms with Gasteiger partial charge in [0, 0.05) is 19.2 Å². The zero-order chi connectivity index (χ0) is 10.7. The van der Waals surface area contributed by atoms with Gasteiger partial charge in [0.25, 0.3) is 0 Å². The Morgan fingerprint density at radius 3 is 3.20 bits per heavy atom. The fourth-order valence-corrected chi connectivity index (χ4v) is 1.95. The van der Waals surface area contributed by atoms with Crippen molar-refractivity contribution in [3.8, 4) is 0 Å². The van der Waals surface area contributed by atoms with Gasteiger partial charge in [-0.05, 0) is 31.9 Å². The molecule has 0 saturated carbocycles. The third kappa shape index (κ3) is 2.45. The van der Waals surface area contributed by atoms with Crippen LogP contribution >= 0.6 is 0 Å². The Morgan fingerprint density at radius 2 is 2.60 bits per heavy atom. The molecule has 0 aromatic carbocycles. The Labute approximate surface area is 89.7 Å². The molecule has 0 bridgehead atoms. The van der Waals surface area contributed by atoms with Gasteiger partial charge in [-0.15, -0.1) is 0 Å². The zero-order valence-electron chi connectivity index (χ0n) is 9.07. The predicted molar refractivity (Wildman–Crippen MR) is 57.6 cm³/mol. The first-order valence-electron chi connectivity index (χ1n) is 5.57. The molecule has 2 heterocycles. The number of hydrogen-bond donors (Lipinski definition) is 1. The lowest BCUT2D eigenvalue weighted by atomic mass is 10.1. The average Bonchev–Trinajstić information content (AvgIpc) is 2.87. The maximum Gasteiger partial charge on any atom is 0.154 e. The predicted octanol–water partition coefficient (Wildman–Crippen LogP) is 0.767. The molecule has 4 heteroatoms. The van der Waals surface area contributed by atoms with Crippen molar-refractivity contribution in [2.75, 3.05) is 6.54 Å². The lowest BCUT2D eigenvalue weighted by Crippen LogP contribution is -2.31. The van der Waals surface area contributed by atoms with E-state index in [1.54, 1.807) is 6.20 Å².